The largest absolute Gasteiger partial charge is 0.306 e. The number of rotatable bonds is 2. The molecular formula is C17H19N. The molecule has 1 heteroatoms. The fourth-order valence-electron chi connectivity index (χ4n) is 2.95. The summed E-state index contributed by atoms with van der Waals surface area (Å²) in [6.45, 7) is 3.31. The predicted octanol–water partition coefficient (Wildman–Crippen LogP) is 3.48. The second-order valence-corrected chi connectivity index (χ2v) is 4.89. The van der Waals surface area contributed by atoms with E-state index in [4.69, 9.17) is 0 Å². The molecule has 1 aliphatic heterocycles. The Kier molecular flexibility index (Phi) is 3.16. The Labute approximate surface area is 109 Å². The lowest BCUT2D eigenvalue weighted by Crippen LogP contribution is -2.31. The van der Waals surface area contributed by atoms with Crippen molar-refractivity contribution >= 4 is 0 Å². The number of hydrogen-bond acceptors (Lipinski definition) is 1. The molecule has 1 unspecified atom stereocenters. The summed E-state index contributed by atoms with van der Waals surface area (Å²) in [6.07, 6.45) is 2.25. The maximum Gasteiger partial charge on any atom is 0.0582 e. The Morgan fingerprint density at radius 1 is 1.06 bits per heavy atom. The molecule has 0 aromatic heterocycles. The van der Waals surface area contributed by atoms with Gasteiger partial charge < -0.3 is 5.32 Å². The van der Waals surface area contributed by atoms with Gasteiger partial charge in [0.2, 0.25) is 0 Å². The summed E-state index contributed by atoms with van der Waals surface area (Å²) in [7, 11) is 0. The number of hydrogen-bond donors (Lipinski definition) is 1. The number of benzene rings is 2. The summed E-state index contributed by atoms with van der Waals surface area (Å²) in [6, 6.07) is 17.9. The van der Waals surface area contributed by atoms with E-state index in [1.165, 1.54) is 22.3 Å². The summed E-state index contributed by atoms with van der Waals surface area (Å²) in [4.78, 5) is 0. The Bertz CT molecular complexity index is 516. The van der Waals surface area contributed by atoms with E-state index in [0.717, 1.165) is 19.4 Å². The van der Waals surface area contributed by atoms with Gasteiger partial charge in [0, 0.05) is 6.54 Å². The molecule has 0 radical (unpaired) electrons. The van der Waals surface area contributed by atoms with Gasteiger partial charge in [-0.3, -0.25) is 0 Å². The lowest BCUT2D eigenvalue weighted by atomic mass is 9.85. The van der Waals surface area contributed by atoms with Crippen LogP contribution in [0.2, 0.25) is 0 Å². The molecule has 2 aromatic carbocycles. The fraction of sp³-hybridized carbons (Fsp3) is 0.294. The fourth-order valence-corrected chi connectivity index (χ4v) is 2.95. The van der Waals surface area contributed by atoms with E-state index < -0.39 is 0 Å². The number of fused-ring (bicyclic) bond motifs is 1. The molecule has 0 spiro atoms. The van der Waals surface area contributed by atoms with Crippen molar-refractivity contribution in [3.8, 4) is 0 Å². The third-order valence-corrected chi connectivity index (χ3v) is 3.83. The van der Waals surface area contributed by atoms with Crippen LogP contribution in [0.15, 0.2) is 48.5 Å². The van der Waals surface area contributed by atoms with Crippen LogP contribution in [0.3, 0.4) is 0 Å². The van der Waals surface area contributed by atoms with Crippen molar-refractivity contribution in [2.45, 2.75) is 25.8 Å². The van der Waals surface area contributed by atoms with Crippen LogP contribution in [0.1, 0.15) is 35.2 Å². The first-order chi connectivity index (χ1) is 8.90. The SMILES string of the molecule is CCc1cccc2c1C(c1ccccc1)NCC2. The normalized spacial score (nSPS) is 18.4. The smallest absolute Gasteiger partial charge is 0.0582 e. The lowest BCUT2D eigenvalue weighted by molar-refractivity contribution is 0.563. The van der Waals surface area contributed by atoms with Crippen LogP contribution in [0.5, 0.6) is 0 Å². The topological polar surface area (TPSA) is 12.0 Å². The minimum Gasteiger partial charge on any atom is -0.306 e. The lowest BCUT2D eigenvalue weighted by Gasteiger charge is -2.29. The maximum atomic E-state index is 3.67. The molecule has 2 aromatic rings. The van der Waals surface area contributed by atoms with Gasteiger partial charge in [0.1, 0.15) is 0 Å². The monoisotopic (exact) mass is 237 g/mol. The predicted molar refractivity (Wildman–Crippen MR) is 75.8 cm³/mol. The van der Waals surface area contributed by atoms with Gasteiger partial charge in [-0.25, -0.2) is 0 Å². The van der Waals surface area contributed by atoms with Crippen molar-refractivity contribution in [1.29, 1.82) is 0 Å². The van der Waals surface area contributed by atoms with Crippen LogP contribution in [-0.4, -0.2) is 6.54 Å². The molecule has 1 heterocycles. The molecule has 92 valence electrons. The first-order valence-electron chi connectivity index (χ1n) is 6.79. The summed E-state index contributed by atoms with van der Waals surface area (Å²) in [5.74, 6) is 0. The number of nitrogens with one attached hydrogen (secondary N) is 1. The van der Waals surface area contributed by atoms with Crippen molar-refractivity contribution in [3.63, 3.8) is 0 Å². The minimum atomic E-state index is 0.367. The van der Waals surface area contributed by atoms with E-state index in [-0.39, 0.29) is 0 Å². The molecule has 1 nitrogen and oxygen atoms in total. The van der Waals surface area contributed by atoms with Gasteiger partial charge in [0.05, 0.1) is 6.04 Å². The Balaban J connectivity index is 2.11. The highest BCUT2D eigenvalue weighted by Gasteiger charge is 2.22. The molecule has 0 amide bonds. The molecule has 18 heavy (non-hydrogen) atoms. The zero-order chi connectivity index (χ0) is 12.4. The van der Waals surface area contributed by atoms with Gasteiger partial charge in [-0.15, -0.1) is 0 Å². The van der Waals surface area contributed by atoms with Gasteiger partial charge in [-0.05, 0) is 35.1 Å². The van der Waals surface area contributed by atoms with Crippen molar-refractivity contribution in [1.82, 2.24) is 5.32 Å². The van der Waals surface area contributed by atoms with E-state index in [0.29, 0.717) is 6.04 Å². The van der Waals surface area contributed by atoms with E-state index in [1.807, 2.05) is 0 Å². The third-order valence-electron chi connectivity index (χ3n) is 3.83. The zero-order valence-corrected chi connectivity index (χ0v) is 10.8. The number of aryl methyl sites for hydroxylation is 1. The molecule has 1 atom stereocenters. The van der Waals surface area contributed by atoms with Crippen LogP contribution in [-0.2, 0) is 12.8 Å². The van der Waals surface area contributed by atoms with Crippen molar-refractivity contribution in [2.24, 2.45) is 0 Å². The second-order valence-electron chi connectivity index (χ2n) is 4.89. The second kappa shape index (κ2) is 4.95. The van der Waals surface area contributed by atoms with Crippen LogP contribution in [0, 0.1) is 0 Å². The molecule has 3 rings (SSSR count). The van der Waals surface area contributed by atoms with Gasteiger partial charge in [0.25, 0.3) is 0 Å². The average molecular weight is 237 g/mol. The standard InChI is InChI=1S/C17H19N/c1-2-13-9-6-10-14-11-12-18-17(16(13)14)15-7-4-3-5-8-15/h3-10,17-18H,2,11-12H2,1H3. The molecule has 0 bridgehead atoms. The van der Waals surface area contributed by atoms with Crippen molar-refractivity contribution < 1.29 is 0 Å². The molecule has 0 saturated heterocycles. The minimum absolute atomic E-state index is 0.367. The molecule has 1 aliphatic rings. The maximum absolute atomic E-state index is 3.67. The van der Waals surface area contributed by atoms with Gasteiger partial charge in [-0.1, -0.05) is 55.5 Å². The van der Waals surface area contributed by atoms with E-state index in [9.17, 15) is 0 Å². The van der Waals surface area contributed by atoms with Crippen LogP contribution >= 0.6 is 0 Å². The van der Waals surface area contributed by atoms with Gasteiger partial charge in [-0.2, -0.15) is 0 Å². The van der Waals surface area contributed by atoms with Crippen molar-refractivity contribution in [3.05, 3.63) is 70.8 Å². The molecular weight excluding hydrogens is 218 g/mol. The van der Waals surface area contributed by atoms with Gasteiger partial charge >= 0.3 is 0 Å². The van der Waals surface area contributed by atoms with Crippen LogP contribution < -0.4 is 5.32 Å². The summed E-state index contributed by atoms with van der Waals surface area (Å²) in [5, 5.41) is 3.67. The summed E-state index contributed by atoms with van der Waals surface area (Å²) >= 11 is 0. The summed E-state index contributed by atoms with van der Waals surface area (Å²) in [5.41, 5.74) is 5.88. The van der Waals surface area contributed by atoms with E-state index in [1.54, 1.807) is 0 Å². The van der Waals surface area contributed by atoms with E-state index in [2.05, 4.69) is 60.8 Å². The zero-order valence-electron chi connectivity index (χ0n) is 10.8. The van der Waals surface area contributed by atoms with Crippen molar-refractivity contribution in [2.75, 3.05) is 6.54 Å². The summed E-state index contributed by atoms with van der Waals surface area (Å²) < 4.78 is 0. The molecule has 0 saturated carbocycles. The average Bonchev–Trinajstić information content (AvgIpc) is 2.47. The Morgan fingerprint density at radius 2 is 1.89 bits per heavy atom. The highest BCUT2D eigenvalue weighted by molar-refractivity contribution is 5.44. The molecule has 0 aliphatic carbocycles. The van der Waals surface area contributed by atoms with Gasteiger partial charge in [0.15, 0.2) is 0 Å². The molecule has 0 fully saturated rings. The molecule has 1 N–H and O–H groups in total. The highest BCUT2D eigenvalue weighted by Crippen LogP contribution is 2.31. The van der Waals surface area contributed by atoms with Crippen LogP contribution in [0.4, 0.5) is 0 Å². The third kappa shape index (κ3) is 1.95. The Hall–Kier alpha value is -1.60. The van der Waals surface area contributed by atoms with Crippen LogP contribution in [0.25, 0.3) is 0 Å². The first-order valence-corrected chi connectivity index (χ1v) is 6.79. The quantitative estimate of drug-likeness (QED) is 0.843. The first kappa shape index (κ1) is 11.5. The Morgan fingerprint density at radius 3 is 2.67 bits per heavy atom. The van der Waals surface area contributed by atoms with E-state index >= 15 is 0 Å². The highest BCUT2D eigenvalue weighted by atomic mass is 14.9.